The smallest absolute Gasteiger partial charge is 0.115 e. The standard InChI is InChI=1S/C11H16NOP/c13-11-3-1-9(2-4-11)10-5-7-12(14)8-6-10/h1-4,10,13H,5-8,14H2. The molecule has 0 aromatic heterocycles. The molecule has 1 aliphatic rings. The molecule has 1 heterocycles. The van der Waals surface area contributed by atoms with Crippen molar-refractivity contribution in [1.82, 2.24) is 4.67 Å². The van der Waals surface area contributed by atoms with E-state index in [0.29, 0.717) is 11.7 Å². The first-order chi connectivity index (χ1) is 6.75. The lowest BCUT2D eigenvalue weighted by Gasteiger charge is -2.28. The second-order valence-corrected chi connectivity index (χ2v) is 4.63. The van der Waals surface area contributed by atoms with Gasteiger partial charge in [-0.15, -0.1) is 0 Å². The van der Waals surface area contributed by atoms with Crippen LogP contribution >= 0.6 is 9.39 Å². The molecule has 0 aliphatic carbocycles. The summed E-state index contributed by atoms with van der Waals surface area (Å²) in [5, 5.41) is 9.19. The molecular weight excluding hydrogens is 193 g/mol. The van der Waals surface area contributed by atoms with Crippen molar-refractivity contribution in [3.05, 3.63) is 29.8 Å². The van der Waals surface area contributed by atoms with Crippen molar-refractivity contribution in [1.29, 1.82) is 0 Å². The zero-order chi connectivity index (χ0) is 9.97. The molecular formula is C11H16NOP. The molecule has 1 N–H and O–H groups in total. The molecule has 0 radical (unpaired) electrons. The van der Waals surface area contributed by atoms with Crippen LogP contribution in [0.2, 0.25) is 0 Å². The summed E-state index contributed by atoms with van der Waals surface area (Å²) < 4.78 is 2.29. The minimum atomic E-state index is 0.359. The van der Waals surface area contributed by atoms with Gasteiger partial charge in [-0.2, -0.15) is 0 Å². The molecule has 1 atom stereocenters. The van der Waals surface area contributed by atoms with Crippen molar-refractivity contribution in [3.8, 4) is 5.75 Å². The molecule has 76 valence electrons. The highest BCUT2D eigenvalue weighted by molar-refractivity contribution is 7.13. The van der Waals surface area contributed by atoms with E-state index >= 15 is 0 Å². The Morgan fingerprint density at radius 1 is 1.14 bits per heavy atom. The van der Waals surface area contributed by atoms with Gasteiger partial charge in [0.15, 0.2) is 0 Å². The Bertz CT molecular complexity index is 291. The van der Waals surface area contributed by atoms with Crippen molar-refractivity contribution in [2.45, 2.75) is 18.8 Å². The molecule has 3 heteroatoms. The van der Waals surface area contributed by atoms with Crippen molar-refractivity contribution >= 4 is 9.39 Å². The number of rotatable bonds is 1. The summed E-state index contributed by atoms with van der Waals surface area (Å²) in [6.45, 7) is 2.30. The average molecular weight is 209 g/mol. The van der Waals surface area contributed by atoms with Gasteiger partial charge in [-0.3, -0.25) is 4.67 Å². The fourth-order valence-corrected chi connectivity index (χ4v) is 2.28. The second kappa shape index (κ2) is 4.29. The van der Waals surface area contributed by atoms with E-state index in [0.717, 1.165) is 13.1 Å². The van der Waals surface area contributed by atoms with E-state index in [1.165, 1.54) is 18.4 Å². The van der Waals surface area contributed by atoms with Crippen LogP contribution in [0.3, 0.4) is 0 Å². The quantitative estimate of drug-likeness (QED) is 0.718. The molecule has 1 unspecified atom stereocenters. The zero-order valence-corrected chi connectivity index (χ0v) is 9.34. The maximum atomic E-state index is 9.19. The van der Waals surface area contributed by atoms with Crippen LogP contribution in [0.5, 0.6) is 5.75 Å². The number of aromatic hydroxyl groups is 1. The summed E-state index contributed by atoms with van der Waals surface area (Å²) in [5.74, 6) is 1.03. The average Bonchev–Trinajstić information content (AvgIpc) is 2.21. The Labute approximate surface area is 87.2 Å². The van der Waals surface area contributed by atoms with E-state index in [1.807, 2.05) is 12.1 Å². The molecule has 1 saturated heterocycles. The van der Waals surface area contributed by atoms with Crippen LogP contribution in [0.4, 0.5) is 0 Å². The topological polar surface area (TPSA) is 23.5 Å². The third-order valence-corrected chi connectivity index (χ3v) is 3.41. The largest absolute Gasteiger partial charge is 0.508 e. The second-order valence-electron chi connectivity index (χ2n) is 3.90. The Kier molecular flexibility index (Phi) is 3.05. The van der Waals surface area contributed by atoms with Gasteiger partial charge in [-0.1, -0.05) is 21.5 Å². The van der Waals surface area contributed by atoms with Gasteiger partial charge < -0.3 is 5.11 Å². The number of nitrogens with zero attached hydrogens (tertiary/aromatic N) is 1. The van der Waals surface area contributed by atoms with Gasteiger partial charge in [0.1, 0.15) is 5.75 Å². The first-order valence-electron chi connectivity index (χ1n) is 5.04. The number of phenols is 1. The normalized spacial score (nSPS) is 19.8. The van der Waals surface area contributed by atoms with E-state index in [1.54, 1.807) is 12.1 Å². The third-order valence-electron chi connectivity index (χ3n) is 2.89. The van der Waals surface area contributed by atoms with E-state index in [2.05, 4.69) is 14.1 Å². The van der Waals surface area contributed by atoms with Gasteiger partial charge in [0.2, 0.25) is 0 Å². The first kappa shape index (κ1) is 9.95. The predicted molar refractivity (Wildman–Crippen MR) is 61.4 cm³/mol. The zero-order valence-electron chi connectivity index (χ0n) is 8.19. The van der Waals surface area contributed by atoms with Crippen LogP contribution in [0.15, 0.2) is 24.3 Å². The summed E-state index contributed by atoms with van der Waals surface area (Å²) in [6.07, 6.45) is 2.43. The summed E-state index contributed by atoms with van der Waals surface area (Å²) in [6, 6.07) is 7.64. The van der Waals surface area contributed by atoms with Gasteiger partial charge in [-0.05, 0) is 36.5 Å². The lowest BCUT2D eigenvalue weighted by atomic mass is 9.90. The molecule has 1 aliphatic heterocycles. The number of hydrogen-bond donors (Lipinski definition) is 1. The number of hydrogen-bond acceptors (Lipinski definition) is 2. The summed E-state index contributed by atoms with van der Waals surface area (Å²) in [4.78, 5) is 0. The monoisotopic (exact) mass is 209 g/mol. The summed E-state index contributed by atoms with van der Waals surface area (Å²) in [5.41, 5.74) is 1.36. The number of benzene rings is 1. The van der Waals surface area contributed by atoms with Crippen LogP contribution in [0.25, 0.3) is 0 Å². The van der Waals surface area contributed by atoms with Crippen molar-refractivity contribution in [3.63, 3.8) is 0 Å². The fourth-order valence-electron chi connectivity index (χ4n) is 1.98. The van der Waals surface area contributed by atoms with E-state index in [-0.39, 0.29) is 0 Å². The van der Waals surface area contributed by atoms with E-state index < -0.39 is 0 Å². The SMILES string of the molecule is Oc1ccc(C2CCN(P)CC2)cc1. The molecule has 1 fully saturated rings. The van der Waals surface area contributed by atoms with Crippen LogP contribution in [0.1, 0.15) is 24.3 Å². The molecule has 0 bridgehead atoms. The Morgan fingerprint density at radius 2 is 1.71 bits per heavy atom. The van der Waals surface area contributed by atoms with E-state index in [4.69, 9.17) is 0 Å². The minimum absolute atomic E-state index is 0.359. The van der Waals surface area contributed by atoms with Crippen molar-refractivity contribution in [2.24, 2.45) is 0 Å². The molecule has 0 spiro atoms. The third kappa shape index (κ3) is 2.26. The van der Waals surface area contributed by atoms with Gasteiger partial charge >= 0.3 is 0 Å². The van der Waals surface area contributed by atoms with Crippen LogP contribution < -0.4 is 0 Å². The van der Waals surface area contributed by atoms with Crippen molar-refractivity contribution in [2.75, 3.05) is 13.1 Å². The lowest BCUT2D eigenvalue weighted by molar-refractivity contribution is 0.345. The lowest BCUT2D eigenvalue weighted by Crippen LogP contribution is -2.24. The highest BCUT2D eigenvalue weighted by atomic mass is 31.0. The van der Waals surface area contributed by atoms with Gasteiger partial charge in [-0.25, -0.2) is 0 Å². The van der Waals surface area contributed by atoms with Crippen LogP contribution in [0, 0.1) is 0 Å². The fraction of sp³-hybridized carbons (Fsp3) is 0.455. The van der Waals surface area contributed by atoms with Gasteiger partial charge in [0.25, 0.3) is 0 Å². The number of piperidine rings is 1. The van der Waals surface area contributed by atoms with Gasteiger partial charge in [0, 0.05) is 13.1 Å². The molecule has 0 amide bonds. The predicted octanol–water partition coefficient (Wildman–Crippen LogP) is 2.36. The van der Waals surface area contributed by atoms with Gasteiger partial charge in [0.05, 0.1) is 0 Å². The molecule has 0 saturated carbocycles. The molecule has 2 nitrogen and oxygen atoms in total. The Hall–Kier alpha value is -0.590. The highest BCUT2D eigenvalue weighted by Gasteiger charge is 2.17. The maximum absolute atomic E-state index is 9.19. The molecule has 1 aromatic carbocycles. The molecule has 14 heavy (non-hydrogen) atoms. The van der Waals surface area contributed by atoms with Crippen molar-refractivity contribution < 1.29 is 5.11 Å². The summed E-state index contributed by atoms with van der Waals surface area (Å²) in [7, 11) is 2.76. The Balaban J connectivity index is 2.05. The van der Waals surface area contributed by atoms with E-state index in [9.17, 15) is 5.11 Å². The molecule has 2 rings (SSSR count). The van der Waals surface area contributed by atoms with Crippen LogP contribution in [-0.4, -0.2) is 22.9 Å². The maximum Gasteiger partial charge on any atom is 0.115 e. The first-order valence-corrected chi connectivity index (χ1v) is 5.56. The Morgan fingerprint density at radius 3 is 2.29 bits per heavy atom. The van der Waals surface area contributed by atoms with Crippen LogP contribution in [-0.2, 0) is 0 Å². The summed E-state index contributed by atoms with van der Waals surface area (Å²) >= 11 is 0. The highest BCUT2D eigenvalue weighted by Crippen LogP contribution is 2.29. The minimum Gasteiger partial charge on any atom is -0.508 e. The molecule has 1 aromatic rings. The number of phenolic OH excluding ortho intramolecular Hbond substituents is 1.